The van der Waals surface area contributed by atoms with Crippen LogP contribution in [0, 0.1) is 13.8 Å². The van der Waals surface area contributed by atoms with E-state index in [2.05, 4.69) is 30.4 Å². The second-order valence-electron chi connectivity index (χ2n) is 7.38. The maximum Gasteiger partial charge on any atom is 0.265 e. The minimum atomic E-state index is -0.495. The van der Waals surface area contributed by atoms with E-state index in [1.807, 2.05) is 38.1 Å². The molecule has 1 unspecified atom stereocenters. The van der Waals surface area contributed by atoms with E-state index in [0.29, 0.717) is 12.3 Å². The minimum absolute atomic E-state index is 0.0962. The first kappa shape index (κ1) is 18.5. The van der Waals surface area contributed by atoms with Gasteiger partial charge in [0.25, 0.3) is 5.91 Å². The number of carbonyl (C=O) groups is 1. The predicted octanol–water partition coefficient (Wildman–Crippen LogP) is 5.76. The lowest BCUT2D eigenvalue weighted by molar-refractivity contribution is -0.122. The third-order valence-corrected chi connectivity index (χ3v) is 5.27. The van der Waals surface area contributed by atoms with Crippen molar-refractivity contribution in [1.29, 1.82) is 0 Å². The highest BCUT2D eigenvalue weighted by Gasteiger charge is 2.20. The van der Waals surface area contributed by atoms with Crippen molar-refractivity contribution in [3.05, 3.63) is 59.2 Å². The lowest BCUT2D eigenvalue weighted by Crippen LogP contribution is -2.32. The number of hydrogen-bond acceptors (Lipinski definition) is 2. The van der Waals surface area contributed by atoms with Gasteiger partial charge >= 0.3 is 0 Å². The third-order valence-electron chi connectivity index (χ3n) is 5.27. The van der Waals surface area contributed by atoms with Gasteiger partial charge in [0.2, 0.25) is 0 Å². The topological polar surface area (TPSA) is 38.3 Å². The molecule has 2 aromatic rings. The summed E-state index contributed by atoms with van der Waals surface area (Å²) >= 11 is 0. The van der Waals surface area contributed by atoms with Gasteiger partial charge in [0.15, 0.2) is 6.10 Å². The van der Waals surface area contributed by atoms with Crippen molar-refractivity contribution in [2.45, 2.75) is 64.9 Å². The van der Waals surface area contributed by atoms with Gasteiger partial charge in [0.05, 0.1) is 0 Å². The Morgan fingerprint density at radius 1 is 1.12 bits per heavy atom. The van der Waals surface area contributed by atoms with E-state index >= 15 is 0 Å². The van der Waals surface area contributed by atoms with Crippen molar-refractivity contribution in [1.82, 2.24) is 0 Å². The smallest absolute Gasteiger partial charge is 0.265 e. The molecule has 1 fully saturated rings. The monoisotopic (exact) mass is 351 g/mol. The molecule has 138 valence electrons. The Balaban J connectivity index is 1.63. The number of ether oxygens (including phenoxy) is 1. The van der Waals surface area contributed by atoms with E-state index in [4.69, 9.17) is 4.74 Å². The average molecular weight is 351 g/mol. The van der Waals surface area contributed by atoms with Crippen LogP contribution in [-0.2, 0) is 4.79 Å². The van der Waals surface area contributed by atoms with E-state index in [9.17, 15) is 4.79 Å². The van der Waals surface area contributed by atoms with E-state index in [0.717, 1.165) is 17.0 Å². The van der Waals surface area contributed by atoms with Gasteiger partial charge in [-0.25, -0.2) is 0 Å². The van der Waals surface area contributed by atoms with Crippen LogP contribution in [0.15, 0.2) is 42.5 Å². The summed E-state index contributed by atoms with van der Waals surface area (Å²) in [6, 6.07) is 14.3. The molecule has 3 heteroatoms. The summed E-state index contributed by atoms with van der Waals surface area (Å²) in [6.07, 6.45) is 5.36. The first-order chi connectivity index (χ1) is 12.6. The molecular formula is C23H29NO2. The van der Waals surface area contributed by atoms with Crippen molar-refractivity contribution in [3.63, 3.8) is 0 Å². The van der Waals surface area contributed by atoms with Crippen molar-refractivity contribution >= 4 is 11.6 Å². The number of benzene rings is 2. The molecule has 0 radical (unpaired) electrons. The molecule has 1 aliphatic rings. The molecule has 0 spiro atoms. The molecule has 0 saturated heterocycles. The van der Waals surface area contributed by atoms with Gasteiger partial charge in [-0.15, -0.1) is 0 Å². The molecule has 1 atom stereocenters. The SMILES string of the molecule is CCC(Oc1ccc(C)cc1C)C(=O)Nc1ccc(C2CCCC2)cc1. The Morgan fingerprint density at radius 3 is 2.42 bits per heavy atom. The number of carbonyl (C=O) groups excluding carboxylic acids is 1. The van der Waals surface area contributed by atoms with Crippen molar-refractivity contribution in [2.24, 2.45) is 0 Å². The number of rotatable bonds is 6. The van der Waals surface area contributed by atoms with Crippen LogP contribution < -0.4 is 10.1 Å². The van der Waals surface area contributed by atoms with Gasteiger partial charge in [-0.1, -0.05) is 49.6 Å². The van der Waals surface area contributed by atoms with E-state index in [-0.39, 0.29) is 5.91 Å². The highest BCUT2D eigenvalue weighted by Crippen LogP contribution is 2.34. The van der Waals surface area contributed by atoms with Crippen LogP contribution in [0.3, 0.4) is 0 Å². The minimum Gasteiger partial charge on any atom is -0.480 e. The summed E-state index contributed by atoms with van der Waals surface area (Å²) in [4.78, 5) is 12.6. The summed E-state index contributed by atoms with van der Waals surface area (Å²) in [5.41, 5.74) is 4.46. The van der Waals surface area contributed by atoms with Crippen molar-refractivity contribution in [2.75, 3.05) is 5.32 Å². The fraction of sp³-hybridized carbons (Fsp3) is 0.435. The summed E-state index contributed by atoms with van der Waals surface area (Å²) in [7, 11) is 0. The Bertz CT molecular complexity index is 745. The largest absolute Gasteiger partial charge is 0.480 e. The highest BCUT2D eigenvalue weighted by molar-refractivity contribution is 5.94. The van der Waals surface area contributed by atoms with E-state index in [1.165, 1.54) is 36.8 Å². The second-order valence-corrected chi connectivity index (χ2v) is 7.38. The normalized spacial score (nSPS) is 15.7. The summed E-state index contributed by atoms with van der Waals surface area (Å²) in [6.45, 7) is 6.03. The molecule has 2 aromatic carbocycles. The number of hydrogen-bond donors (Lipinski definition) is 1. The van der Waals surface area contributed by atoms with Crippen molar-refractivity contribution < 1.29 is 9.53 Å². The van der Waals surface area contributed by atoms with Gasteiger partial charge in [-0.2, -0.15) is 0 Å². The lowest BCUT2D eigenvalue weighted by Gasteiger charge is -2.19. The Morgan fingerprint density at radius 2 is 1.81 bits per heavy atom. The fourth-order valence-corrected chi connectivity index (χ4v) is 3.73. The third kappa shape index (κ3) is 4.46. The van der Waals surface area contributed by atoms with Crippen LogP contribution in [0.2, 0.25) is 0 Å². The Hall–Kier alpha value is -2.29. The van der Waals surface area contributed by atoms with Crippen LogP contribution in [-0.4, -0.2) is 12.0 Å². The Kier molecular flexibility index (Phi) is 5.97. The maximum absolute atomic E-state index is 12.6. The number of nitrogens with one attached hydrogen (secondary N) is 1. The van der Waals surface area contributed by atoms with Crippen LogP contribution in [0.4, 0.5) is 5.69 Å². The van der Waals surface area contributed by atoms with Crippen LogP contribution >= 0.6 is 0 Å². The molecule has 0 heterocycles. The summed E-state index contributed by atoms with van der Waals surface area (Å²) in [5.74, 6) is 1.37. The van der Waals surface area contributed by atoms with Gasteiger partial charge < -0.3 is 10.1 Å². The molecule has 1 N–H and O–H groups in total. The number of anilines is 1. The molecule has 26 heavy (non-hydrogen) atoms. The van der Waals surface area contributed by atoms with Gasteiger partial charge in [0, 0.05) is 5.69 Å². The van der Waals surface area contributed by atoms with Gasteiger partial charge in [0.1, 0.15) is 5.75 Å². The zero-order valence-corrected chi connectivity index (χ0v) is 16.0. The molecular weight excluding hydrogens is 322 g/mol. The molecule has 0 aromatic heterocycles. The zero-order valence-electron chi connectivity index (χ0n) is 16.0. The standard InChI is InChI=1S/C23H29NO2/c1-4-21(26-22-14-9-16(2)15-17(22)3)23(25)24-20-12-10-19(11-13-20)18-7-5-6-8-18/h9-15,18,21H,4-8H2,1-3H3,(H,24,25). The second kappa shape index (κ2) is 8.39. The molecule has 1 aliphatic carbocycles. The molecule has 0 aliphatic heterocycles. The van der Waals surface area contributed by atoms with E-state index in [1.54, 1.807) is 0 Å². The predicted molar refractivity (Wildman–Crippen MR) is 107 cm³/mol. The Labute approximate surface area is 156 Å². The van der Waals surface area contributed by atoms with Gasteiger partial charge in [-0.05, 0) is 68.4 Å². The number of amides is 1. The van der Waals surface area contributed by atoms with E-state index < -0.39 is 6.10 Å². The van der Waals surface area contributed by atoms with Gasteiger partial charge in [-0.3, -0.25) is 4.79 Å². The van der Waals surface area contributed by atoms with Crippen LogP contribution in [0.25, 0.3) is 0 Å². The van der Waals surface area contributed by atoms with Crippen molar-refractivity contribution in [3.8, 4) is 5.75 Å². The number of aryl methyl sites for hydroxylation is 2. The summed E-state index contributed by atoms with van der Waals surface area (Å²) in [5, 5.41) is 3.00. The molecule has 1 saturated carbocycles. The van der Waals surface area contributed by atoms with Crippen LogP contribution in [0.1, 0.15) is 61.6 Å². The first-order valence-electron chi connectivity index (χ1n) is 9.71. The first-order valence-corrected chi connectivity index (χ1v) is 9.71. The highest BCUT2D eigenvalue weighted by atomic mass is 16.5. The molecule has 1 amide bonds. The average Bonchev–Trinajstić information content (AvgIpc) is 3.16. The quantitative estimate of drug-likeness (QED) is 0.719. The fourth-order valence-electron chi connectivity index (χ4n) is 3.73. The molecule has 3 nitrogen and oxygen atoms in total. The summed E-state index contributed by atoms with van der Waals surface area (Å²) < 4.78 is 5.98. The maximum atomic E-state index is 12.6. The van der Waals surface area contributed by atoms with Crippen LogP contribution in [0.5, 0.6) is 5.75 Å². The zero-order chi connectivity index (χ0) is 18.5. The molecule has 3 rings (SSSR count). The molecule has 0 bridgehead atoms. The lowest BCUT2D eigenvalue weighted by atomic mass is 9.97.